The zero-order valence-electron chi connectivity index (χ0n) is 14.2. The van der Waals surface area contributed by atoms with Crippen LogP contribution in [-0.2, 0) is 6.54 Å². The third-order valence-electron chi connectivity index (χ3n) is 3.72. The largest absolute Gasteiger partial charge is 0.467 e. The van der Waals surface area contributed by atoms with Crippen molar-refractivity contribution in [2.45, 2.75) is 26.3 Å². The number of benzene rings is 1. The molecule has 0 bridgehead atoms. The number of hydrogen-bond donors (Lipinski definition) is 2. The van der Waals surface area contributed by atoms with Crippen LogP contribution in [0.25, 0.3) is 0 Å². The van der Waals surface area contributed by atoms with Crippen molar-refractivity contribution < 1.29 is 9.21 Å². The van der Waals surface area contributed by atoms with E-state index in [2.05, 4.69) is 46.6 Å². The highest BCUT2D eigenvalue weighted by Gasteiger charge is 2.09. The van der Waals surface area contributed by atoms with E-state index >= 15 is 0 Å². The van der Waals surface area contributed by atoms with Gasteiger partial charge >= 0.3 is 0 Å². The zero-order chi connectivity index (χ0) is 17.6. The Hall–Kier alpha value is -3.15. The number of amides is 1. The van der Waals surface area contributed by atoms with Gasteiger partial charge in [0, 0.05) is 11.9 Å². The van der Waals surface area contributed by atoms with Crippen LogP contribution >= 0.6 is 0 Å². The lowest BCUT2D eigenvalue weighted by atomic mass is 10.0. The summed E-state index contributed by atoms with van der Waals surface area (Å²) < 4.78 is 5.19. The molecule has 0 aliphatic heterocycles. The second-order valence-electron chi connectivity index (χ2n) is 5.93. The molecule has 2 heterocycles. The molecule has 0 aliphatic carbocycles. The molecule has 0 atom stereocenters. The molecule has 0 spiro atoms. The fraction of sp³-hybridized carbons (Fsp3) is 0.211. The van der Waals surface area contributed by atoms with Gasteiger partial charge in [0.15, 0.2) is 0 Å². The molecule has 2 aromatic heterocycles. The number of nitrogens with one attached hydrogen (secondary N) is 2. The normalized spacial score (nSPS) is 10.7. The molecule has 0 aliphatic rings. The maximum Gasteiger partial charge on any atom is 0.270 e. The van der Waals surface area contributed by atoms with Crippen molar-refractivity contribution in [1.29, 1.82) is 0 Å². The fourth-order valence-corrected chi connectivity index (χ4v) is 2.30. The summed E-state index contributed by atoms with van der Waals surface area (Å²) in [4.78, 5) is 20.6. The summed E-state index contributed by atoms with van der Waals surface area (Å²) in [7, 11) is 0. The Balaban J connectivity index is 1.65. The fourth-order valence-electron chi connectivity index (χ4n) is 2.30. The average molecular weight is 336 g/mol. The summed E-state index contributed by atoms with van der Waals surface area (Å²) >= 11 is 0. The molecule has 3 rings (SSSR count). The van der Waals surface area contributed by atoms with Crippen molar-refractivity contribution in [3.63, 3.8) is 0 Å². The molecule has 6 heteroatoms. The Labute approximate surface area is 146 Å². The highest BCUT2D eigenvalue weighted by atomic mass is 16.3. The molecule has 3 aromatic rings. The summed E-state index contributed by atoms with van der Waals surface area (Å²) in [6.07, 6.45) is 3.12. The van der Waals surface area contributed by atoms with Crippen LogP contribution in [0.2, 0.25) is 0 Å². The molecule has 2 N–H and O–H groups in total. The molecule has 6 nitrogen and oxygen atoms in total. The Morgan fingerprint density at radius 3 is 2.64 bits per heavy atom. The average Bonchev–Trinajstić information content (AvgIpc) is 3.14. The second-order valence-corrected chi connectivity index (χ2v) is 5.93. The molecule has 0 unspecified atom stereocenters. The molecule has 0 saturated heterocycles. The van der Waals surface area contributed by atoms with Gasteiger partial charge < -0.3 is 15.1 Å². The number of carbonyl (C=O) groups excluding carboxylic acids is 1. The van der Waals surface area contributed by atoms with E-state index in [9.17, 15) is 4.79 Å². The third-order valence-corrected chi connectivity index (χ3v) is 3.72. The van der Waals surface area contributed by atoms with E-state index in [4.69, 9.17) is 4.42 Å². The van der Waals surface area contributed by atoms with E-state index in [1.165, 1.54) is 5.56 Å². The quantitative estimate of drug-likeness (QED) is 0.714. The molecule has 1 amide bonds. The maximum atomic E-state index is 12.2. The van der Waals surface area contributed by atoms with E-state index in [1.54, 1.807) is 30.7 Å². The third kappa shape index (κ3) is 4.44. The second kappa shape index (κ2) is 7.61. The molecular formula is C19H20N4O2. The summed E-state index contributed by atoms with van der Waals surface area (Å²) in [5, 5.41) is 5.88. The van der Waals surface area contributed by atoms with Gasteiger partial charge in [-0.2, -0.15) is 0 Å². The van der Waals surface area contributed by atoms with Crippen molar-refractivity contribution in [3.05, 3.63) is 71.9 Å². The van der Waals surface area contributed by atoms with Crippen molar-refractivity contribution in [1.82, 2.24) is 15.3 Å². The number of furan rings is 1. The molecule has 0 radical (unpaired) electrons. The van der Waals surface area contributed by atoms with E-state index in [-0.39, 0.29) is 5.91 Å². The summed E-state index contributed by atoms with van der Waals surface area (Å²) in [6.45, 7) is 4.61. The van der Waals surface area contributed by atoms with Crippen LogP contribution in [0, 0.1) is 0 Å². The lowest BCUT2D eigenvalue weighted by Gasteiger charge is -2.09. The van der Waals surface area contributed by atoms with Gasteiger partial charge in [0.05, 0.1) is 12.8 Å². The monoisotopic (exact) mass is 336 g/mol. The number of hydrogen-bond acceptors (Lipinski definition) is 5. The Kier molecular flexibility index (Phi) is 5.09. The van der Waals surface area contributed by atoms with Crippen LogP contribution in [0.4, 0.5) is 11.6 Å². The van der Waals surface area contributed by atoms with Crippen LogP contribution in [0.15, 0.2) is 59.3 Å². The minimum absolute atomic E-state index is 0.281. The van der Waals surface area contributed by atoms with E-state index in [0.29, 0.717) is 29.9 Å². The summed E-state index contributed by atoms with van der Waals surface area (Å²) in [5.74, 6) is 1.26. The van der Waals surface area contributed by atoms with Crippen LogP contribution < -0.4 is 10.6 Å². The van der Waals surface area contributed by atoms with E-state index in [1.807, 2.05) is 12.1 Å². The predicted octanol–water partition coefficient (Wildman–Crippen LogP) is 3.87. The van der Waals surface area contributed by atoms with Gasteiger partial charge in [0.25, 0.3) is 5.91 Å². The first-order valence-electron chi connectivity index (χ1n) is 8.12. The van der Waals surface area contributed by atoms with Gasteiger partial charge in [-0.3, -0.25) is 4.79 Å². The highest BCUT2D eigenvalue weighted by Crippen LogP contribution is 2.19. The number of aromatic nitrogens is 2. The predicted molar refractivity (Wildman–Crippen MR) is 95.7 cm³/mol. The molecular weight excluding hydrogens is 316 g/mol. The number of anilines is 2. The van der Waals surface area contributed by atoms with Gasteiger partial charge in [-0.05, 0) is 41.8 Å². The molecule has 0 fully saturated rings. The topological polar surface area (TPSA) is 80.0 Å². The minimum Gasteiger partial charge on any atom is -0.467 e. The van der Waals surface area contributed by atoms with Crippen molar-refractivity contribution in [2.24, 2.45) is 0 Å². The lowest BCUT2D eigenvalue weighted by Crippen LogP contribution is -2.23. The number of carbonyl (C=O) groups is 1. The number of nitrogens with zero attached hydrogens (tertiary/aromatic N) is 2. The summed E-state index contributed by atoms with van der Waals surface area (Å²) in [6, 6.07) is 13.2. The first-order chi connectivity index (χ1) is 12.1. The molecule has 0 saturated carbocycles. The van der Waals surface area contributed by atoms with Crippen molar-refractivity contribution in [3.8, 4) is 0 Å². The highest BCUT2D eigenvalue weighted by molar-refractivity contribution is 5.92. The Bertz CT molecular complexity index is 827. The standard InChI is InChI=1S/C19H20N4O2/c1-13(2)14-5-7-15(8-6-14)22-19-20-10-9-17(23-19)18(24)21-12-16-4-3-11-25-16/h3-11,13H,12H2,1-2H3,(H,21,24)(H,20,22,23). The Morgan fingerprint density at radius 1 is 1.16 bits per heavy atom. The van der Waals surface area contributed by atoms with Crippen LogP contribution in [0.5, 0.6) is 0 Å². The molecule has 1 aromatic carbocycles. The lowest BCUT2D eigenvalue weighted by molar-refractivity contribution is 0.0943. The van der Waals surface area contributed by atoms with Crippen molar-refractivity contribution in [2.75, 3.05) is 5.32 Å². The van der Waals surface area contributed by atoms with Gasteiger partial charge in [-0.15, -0.1) is 0 Å². The van der Waals surface area contributed by atoms with Crippen LogP contribution in [-0.4, -0.2) is 15.9 Å². The number of rotatable bonds is 6. The van der Waals surface area contributed by atoms with E-state index in [0.717, 1.165) is 5.69 Å². The SMILES string of the molecule is CC(C)c1ccc(Nc2nccc(C(=O)NCc3ccco3)n2)cc1. The molecule has 128 valence electrons. The first-order valence-corrected chi connectivity index (χ1v) is 8.12. The minimum atomic E-state index is -0.281. The smallest absolute Gasteiger partial charge is 0.270 e. The Morgan fingerprint density at radius 2 is 1.96 bits per heavy atom. The summed E-state index contributed by atoms with van der Waals surface area (Å²) in [5.41, 5.74) is 2.43. The van der Waals surface area contributed by atoms with Gasteiger partial charge in [-0.1, -0.05) is 26.0 Å². The first kappa shape index (κ1) is 16.7. The van der Waals surface area contributed by atoms with E-state index < -0.39 is 0 Å². The van der Waals surface area contributed by atoms with Gasteiger partial charge in [-0.25, -0.2) is 9.97 Å². The van der Waals surface area contributed by atoms with Gasteiger partial charge in [0.2, 0.25) is 5.95 Å². The molecule has 25 heavy (non-hydrogen) atoms. The maximum absolute atomic E-state index is 12.2. The van der Waals surface area contributed by atoms with Crippen LogP contribution in [0.3, 0.4) is 0 Å². The van der Waals surface area contributed by atoms with Crippen LogP contribution in [0.1, 0.15) is 41.6 Å². The zero-order valence-corrected chi connectivity index (χ0v) is 14.2. The van der Waals surface area contributed by atoms with Gasteiger partial charge in [0.1, 0.15) is 11.5 Å². The van der Waals surface area contributed by atoms with Crippen molar-refractivity contribution >= 4 is 17.5 Å².